The van der Waals surface area contributed by atoms with Crippen LogP contribution >= 0.6 is 11.3 Å². The number of anilines is 1. The van der Waals surface area contributed by atoms with Crippen molar-refractivity contribution in [1.29, 1.82) is 0 Å². The van der Waals surface area contributed by atoms with Crippen LogP contribution in [0.4, 0.5) is 5.13 Å². The van der Waals surface area contributed by atoms with Crippen molar-refractivity contribution >= 4 is 42.4 Å². The Hall–Kier alpha value is -2.49. The van der Waals surface area contributed by atoms with Gasteiger partial charge in [0, 0.05) is 19.5 Å². The molecule has 0 atom stereocenters. The summed E-state index contributed by atoms with van der Waals surface area (Å²) in [7, 11) is 0.484. The molecule has 7 nitrogen and oxygen atoms in total. The number of carbonyl (C=O) groups is 1. The van der Waals surface area contributed by atoms with Gasteiger partial charge in [0.05, 0.1) is 27.5 Å². The average molecular weight is 476 g/mol. The number of hydrogen-bond acceptors (Lipinski definition) is 7. The number of hydrogen-bond donors (Lipinski definition) is 0. The van der Waals surface area contributed by atoms with Gasteiger partial charge in [0.1, 0.15) is 5.75 Å². The van der Waals surface area contributed by atoms with E-state index < -0.39 is 9.84 Å². The maximum absolute atomic E-state index is 13.1. The summed E-state index contributed by atoms with van der Waals surface area (Å²) in [6.07, 6.45) is 0.396. The monoisotopic (exact) mass is 475 g/mol. The number of benzene rings is 2. The first-order valence-electron chi connectivity index (χ1n) is 10.6. The highest BCUT2D eigenvalue weighted by Gasteiger charge is 2.21. The molecule has 3 rings (SSSR count). The summed E-state index contributed by atoms with van der Waals surface area (Å²) in [6, 6.07) is 14.0. The van der Waals surface area contributed by atoms with Crippen molar-refractivity contribution in [2.45, 2.75) is 24.7 Å². The summed E-state index contributed by atoms with van der Waals surface area (Å²) in [5, 5.41) is 0.617. The molecule has 0 bridgehead atoms. The van der Waals surface area contributed by atoms with Crippen LogP contribution in [-0.2, 0) is 14.6 Å². The van der Waals surface area contributed by atoms with Gasteiger partial charge in [-0.1, -0.05) is 29.5 Å². The first-order chi connectivity index (χ1) is 15.3. The summed E-state index contributed by atoms with van der Waals surface area (Å²) in [5.41, 5.74) is 0.808. The number of nitrogens with zero attached hydrogens (tertiary/aromatic N) is 3. The van der Waals surface area contributed by atoms with E-state index in [9.17, 15) is 13.2 Å². The second-order valence-corrected chi connectivity index (χ2v) is 10.8. The summed E-state index contributed by atoms with van der Waals surface area (Å²) in [5.74, 6) is 0.577. The lowest BCUT2D eigenvalue weighted by Crippen LogP contribution is -2.36. The predicted molar refractivity (Wildman–Crippen MR) is 129 cm³/mol. The zero-order chi connectivity index (χ0) is 23.1. The molecule has 0 unspecified atom stereocenters. The minimum atomic E-state index is -3.41. The molecule has 1 heterocycles. The van der Waals surface area contributed by atoms with Crippen LogP contribution in [-0.4, -0.2) is 63.8 Å². The molecule has 3 aromatic rings. The van der Waals surface area contributed by atoms with E-state index in [1.165, 1.54) is 11.3 Å². The van der Waals surface area contributed by atoms with E-state index >= 15 is 0 Å². The predicted octanol–water partition coefficient (Wildman–Crippen LogP) is 3.84. The van der Waals surface area contributed by atoms with Gasteiger partial charge in [-0.05, 0) is 57.8 Å². The minimum absolute atomic E-state index is 0.0676. The van der Waals surface area contributed by atoms with Crippen LogP contribution in [0.5, 0.6) is 5.75 Å². The highest BCUT2D eigenvalue weighted by molar-refractivity contribution is 7.91. The molecule has 0 aliphatic carbocycles. The number of rotatable bonds is 11. The molecule has 32 heavy (non-hydrogen) atoms. The fourth-order valence-corrected chi connectivity index (χ4v) is 5.55. The smallest absolute Gasteiger partial charge is 0.228 e. The van der Waals surface area contributed by atoms with Gasteiger partial charge in [-0.3, -0.25) is 9.69 Å². The fraction of sp³-hybridized carbons (Fsp3) is 0.391. The highest BCUT2D eigenvalue weighted by atomic mass is 32.2. The molecule has 172 valence electrons. The molecular weight excluding hydrogens is 446 g/mol. The Balaban J connectivity index is 1.73. The third-order valence-electron chi connectivity index (χ3n) is 4.87. The number of carbonyl (C=O) groups excluding carboxylic acids is 1. The van der Waals surface area contributed by atoms with Crippen LogP contribution < -0.4 is 9.64 Å². The standard InChI is InChI=1S/C23H29N3O4S2/c1-4-30-18-12-13-20-21(17-18)31-23(24-20)26(15-14-25(2)3)22(27)11-8-16-32(28,29)19-9-6-5-7-10-19/h5-7,9-10,12-13,17H,4,8,11,14-16H2,1-3H3. The second-order valence-electron chi connectivity index (χ2n) is 7.64. The molecule has 1 amide bonds. The van der Waals surface area contributed by atoms with Gasteiger partial charge in [0.25, 0.3) is 0 Å². The molecule has 0 fully saturated rings. The molecular formula is C23H29N3O4S2. The number of likely N-dealkylation sites (N-methyl/N-ethyl adjacent to an activating group) is 1. The number of fused-ring (bicyclic) bond motifs is 1. The Morgan fingerprint density at radius 1 is 1.09 bits per heavy atom. The number of thiazole rings is 1. The molecule has 1 aromatic heterocycles. The van der Waals surface area contributed by atoms with Crippen LogP contribution in [0.15, 0.2) is 53.4 Å². The fourth-order valence-electron chi connectivity index (χ4n) is 3.19. The van der Waals surface area contributed by atoms with Gasteiger partial charge in [-0.15, -0.1) is 0 Å². The van der Waals surface area contributed by atoms with Crippen molar-refractivity contribution in [3.05, 3.63) is 48.5 Å². The molecule has 9 heteroatoms. The van der Waals surface area contributed by atoms with Crippen LogP contribution in [0.1, 0.15) is 19.8 Å². The largest absolute Gasteiger partial charge is 0.494 e. The zero-order valence-corrected chi connectivity index (χ0v) is 20.3. The topological polar surface area (TPSA) is 79.8 Å². The van der Waals surface area contributed by atoms with Gasteiger partial charge in [0.15, 0.2) is 15.0 Å². The number of ether oxygens (including phenoxy) is 1. The lowest BCUT2D eigenvalue weighted by molar-refractivity contribution is -0.118. The summed E-state index contributed by atoms with van der Waals surface area (Å²) in [6.45, 7) is 3.67. The highest BCUT2D eigenvalue weighted by Crippen LogP contribution is 2.32. The second kappa shape index (κ2) is 10.9. The van der Waals surface area contributed by atoms with Crippen LogP contribution in [0, 0.1) is 0 Å². The lowest BCUT2D eigenvalue weighted by atomic mass is 10.3. The van der Waals surface area contributed by atoms with Crippen molar-refractivity contribution in [2.24, 2.45) is 0 Å². The molecule has 0 radical (unpaired) electrons. The number of amides is 1. The van der Waals surface area contributed by atoms with Crippen molar-refractivity contribution in [3.8, 4) is 5.75 Å². The molecule has 0 spiro atoms. The van der Waals surface area contributed by atoms with Crippen LogP contribution in [0.3, 0.4) is 0 Å². The van der Waals surface area contributed by atoms with Crippen LogP contribution in [0.2, 0.25) is 0 Å². The number of aromatic nitrogens is 1. The maximum Gasteiger partial charge on any atom is 0.228 e. The van der Waals surface area contributed by atoms with Crippen molar-refractivity contribution < 1.29 is 17.9 Å². The first kappa shape index (κ1) is 24.2. The van der Waals surface area contributed by atoms with Crippen molar-refractivity contribution in [3.63, 3.8) is 0 Å². The third-order valence-corrected chi connectivity index (χ3v) is 7.73. The number of sulfone groups is 1. The Kier molecular flexibility index (Phi) is 8.22. The van der Waals surface area contributed by atoms with Gasteiger partial charge in [-0.25, -0.2) is 13.4 Å². The third kappa shape index (κ3) is 6.27. The van der Waals surface area contributed by atoms with Gasteiger partial charge in [-0.2, -0.15) is 0 Å². The Bertz CT molecular complexity index is 1140. The Morgan fingerprint density at radius 2 is 1.84 bits per heavy atom. The quantitative estimate of drug-likeness (QED) is 0.419. The van der Waals surface area contributed by atoms with Gasteiger partial charge >= 0.3 is 0 Å². The van der Waals surface area contributed by atoms with E-state index in [1.54, 1.807) is 35.2 Å². The van der Waals surface area contributed by atoms with E-state index in [2.05, 4.69) is 4.98 Å². The first-order valence-corrected chi connectivity index (χ1v) is 13.0. The van der Waals surface area contributed by atoms with E-state index in [-0.39, 0.29) is 29.4 Å². The van der Waals surface area contributed by atoms with E-state index in [0.717, 1.165) is 16.0 Å². The maximum atomic E-state index is 13.1. The minimum Gasteiger partial charge on any atom is -0.494 e. The molecule has 2 aromatic carbocycles. The molecule has 0 saturated carbocycles. The summed E-state index contributed by atoms with van der Waals surface area (Å²) >= 11 is 1.44. The SMILES string of the molecule is CCOc1ccc2nc(N(CCN(C)C)C(=O)CCCS(=O)(=O)c3ccccc3)sc2c1. The summed E-state index contributed by atoms with van der Waals surface area (Å²) < 4.78 is 31.5. The average Bonchev–Trinajstić information content (AvgIpc) is 3.17. The van der Waals surface area contributed by atoms with Crippen molar-refractivity contribution in [1.82, 2.24) is 9.88 Å². The molecule has 0 N–H and O–H groups in total. The van der Waals surface area contributed by atoms with Gasteiger partial charge in [0.2, 0.25) is 5.91 Å². The van der Waals surface area contributed by atoms with E-state index in [1.807, 2.05) is 44.1 Å². The summed E-state index contributed by atoms with van der Waals surface area (Å²) in [4.78, 5) is 21.7. The zero-order valence-electron chi connectivity index (χ0n) is 18.7. The van der Waals surface area contributed by atoms with Crippen molar-refractivity contribution in [2.75, 3.05) is 44.4 Å². The Morgan fingerprint density at radius 3 is 2.53 bits per heavy atom. The normalized spacial score (nSPS) is 11.8. The Labute approximate surface area is 193 Å². The molecule has 0 saturated heterocycles. The lowest BCUT2D eigenvalue weighted by Gasteiger charge is -2.22. The van der Waals surface area contributed by atoms with Crippen LogP contribution in [0.25, 0.3) is 10.2 Å². The molecule has 0 aliphatic rings. The van der Waals surface area contributed by atoms with E-state index in [4.69, 9.17) is 4.74 Å². The van der Waals surface area contributed by atoms with E-state index in [0.29, 0.717) is 24.8 Å². The molecule has 0 aliphatic heterocycles. The van der Waals surface area contributed by atoms with Gasteiger partial charge < -0.3 is 9.64 Å².